The lowest BCUT2D eigenvalue weighted by atomic mass is 10.1. The Bertz CT molecular complexity index is 444. The second-order valence-electron chi connectivity index (χ2n) is 4.57. The first kappa shape index (κ1) is 12.6. The highest BCUT2D eigenvalue weighted by Crippen LogP contribution is 2.26. The molecule has 1 amide bonds. The van der Waals surface area contributed by atoms with Gasteiger partial charge in [0, 0.05) is 6.92 Å². The fraction of sp³-hybridized carbons (Fsp3) is 0.429. The molecule has 0 radical (unpaired) electrons. The van der Waals surface area contributed by atoms with Crippen LogP contribution in [0.15, 0.2) is 30.3 Å². The van der Waals surface area contributed by atoms with Crippen LogP contribution in [0.25, 0.3) is 0 Å². The number of rotatable bonds is 3. The van der Waals surface area contributed by atoms with Gasteiger partial charge in [-0.2, -0.15) is 0 Å². The Labute approximate surface area is 107 Å². The summed E-state index contributed by atoms with van der Waals surface area (Å²) >= 11 is 0. The van der Waals surface area contributed by atoms with Gasteiger partial charge in [-0.15, -0.1) is 0 Å². The largest absolute Gasteiger partial charge is 0.460 e. The summed E-state index contributed by atoms with van der Waals surface area (Å²) < 4.78 is 5.10. The summed E-state index contributed by atoms with van der Waals surface area (Å²) in [4.78, 5) is 24.6. The van der Waals surface area contributed by atoms with E-state index in [9.17, 15) is 9.59 Å². The molecule has 1 aromatic carbocycles. The zero-order valence-corrected chi connectivity index (χ0v) is 10.6. The minimum absolute atomic E-state index is 0.0132. The number of nitrogens with zero attached hydrogens (tertiary/aromatic N) is 1. The van der Waals surface area contributed by atoms with Crippen LogP contribution in [-0.4, -0.2) is 29.4 Å². The molecule has 0 aliphatic carbocycles. The molecular formula is C14H17NO3. The summed E-state index contributed by atoms with van der Waals surface area (Å²) in [5.74, 6) is -0.292. The molecule has 1 fully saturated rings. The van der Waals surface area contributed by atoms with Crippen LogP contribution < -0.4 is 0 Å². The van der Waals surface area contributed by atoms with Crippen molar-refractivity contribution in [1.29, 1.82) is 0 Å². The molecule has 4 nitrogen and oxygen atoms in total. The van der Waals surface area contributed by atoms with Gasteiger partial charge in [0.15, 0.2) is 0 Å². The molecule has 0 N–H and O–H groups in total. The Kier molecular flexibility index (Phi) is 3.65. The molecule has 96 valence electrons. The first-order chi connectivity index (χ1) is 8.58. The molecule has 18 heavy (non-hydrogen) atoms. The number of carbonyl (C=O) groups excluding carboxylic acids is 2. The van der Waals surface area contributed by atoms with Gasteiger partial charge in [-0.05, 0) is 12.5 Å². The number of esters is 1. The lowest BCUT2D eigenvalue weighted by Gasteiger charge is -2.24. The highest BCUT2D eigenvalue weighted by molar-refractivity contribution is 5.80. The average molecular weight is 247 g/mol. The van der Waals surface area contributed by atoms with Crippen molar-refractivity contribution in [3.8, 4) is 0 Å². The maximum Gasteiger partial charge on any atom is 0.302 e. The number of amides is 1. The van der Waals surface area contributed by atoms with Gasteiger partial charge in [0.1, 0.15) is 6.10 Å². The molecule has 0 bridgehead atoms. The van der Waals surface area contributed by atoms with E-state index in [0.717, 1.165) is 5.56 Å². The van der Waals surface area contributed by atoms with Crippen LogP contribution in [0.4, 0.5) is 0 Å². The van der Waals surface area contributed by atoms with Crippen molar-refractivity contribution < 1.29 is 14.3 Å². The number of hydrogen-bond acceptors (Lipinski definition) is 3. The smallest absolute Gasteiger partial charge is 0.302 e. The lowest BCUT2D eigenvalue weighted by Crippen LogP contribution is -2.29. The van der Waals surface area contributed by atoms with E-state index in [-0.39, 0.29) is 30.4 Å². The second kappa shape index (κ2) is 5.21. The van der Waals surface area contributed by atoms with E-state index in [1.165, 1.54) is 6.92 Å². The van der Waals surface area contributed by atoms with Crippen LogP contribution in [0.3, 0.4) is 0 Å². The number of ether oxygens (including phenoxy) is 1. The third-order valence-electron chi connectivity index (χ3n) is 3.21. The predicted octanol–water partition coefficient (Wildman–Crippen LogP) is 1.91. The van der Waals surface area contributed by atoms with Gasteiger partial charge in [0.2, 0.25) is 5.91 Å². The topological polar surface area (TPSA) is 46.6 Å². The van der Waals surface area contributed by atoms with Crippen LogP contribution in [0, 0.1) is 0 Å². The Hall–Kier alpha value is -1.84. The van der Waals surface area contributed by atoms with Gasteiger partial charge in [0.05, 0.1) is 19.0 Å². The molecule has 0 aromatic heterocycles. The zero-order chi connectivity index (χ0) is 13.1. The molecule has 2 atom stereocenters. The molecule has 1 aliphatic heterocycles. The maximum atomic E-state index is 11.9. The van der Waals surface area contributed by atoms with Crippen LogP contribution >= 0.6 is 0 Å². The third kappa shape index (κ3) is 2.70. The summed E-state index contributed by atoms with van der Waals surface area (Å²) in [5.41, 5.74) is 1.09. The maximum absolute atomic E-state index is 11.9. The standard InChI is InChI=1S/C14H17NO3/c1-10(12-6-4-3-5-7-12)15-9-13(8-14(15)17)18-11(2)16/h3-7,10,13H,8-9H2,1-2H3/t10-,13+/m1/s1. The van der Waals surface area contributed by atoms with E-state index in [2.05, 4.69) is 0 Å². The summed E-state index contributed by atoms with van der Waals surface area (Å²) in [6.45, 7) is 3.84. The van der Waals surface area contributed by atoms with E-state index < -0.39 is 0 Å². The highest BCUT2D eigenvalue weighted by atomic mass is 16.5. The Morgan fingerprint density at radius 3 is 2.67 bits per heavy atom. The fourth-order valence-corrected chi connectivity index (χ4v) is 2.30. The predicted molar refractivity (Wildman–Crippen MR) is 66.7 cm³/mol. The van der Waals surface area contributed by atoms with E-state index in [1.54, 1.807) is 4.90 Å². The van der Waals surface area contributed by atoms with Gasteiger partial charge in [-0.1, -0.05) is 30.3 Å². The van der Waals surface area contributed by atoms with Gasteiger partial charge < -0.3 is 9.64 Å². The molecule has 1 saturated heterocycles. The number of benzene rings is 1. The lowest BCUT2D eigenvalue weighted by molar-refractivity contribution is -0.145. The molecule has 4 heteroatoms. The average Bonchev–Trinajstić information content (AvgIpc) is 2.69. The SMILES string of the molecule is CC(=O)O[C@H]1CC(=O)N([C@H](C)c2ccccc2)C1. The van der Waals surface area contributed by atoms with Crippen molar-refractivity contribution in [1.82, 2.24) is 4.90 Å². The quantitative estimate of drug-likeness (QED) is 0.766. The van der Waals surface area contributed by atoms with Crippen molar-refractivity contribution >= 4 is 11.9 Å². The van der Waals surface area contributed by atoms with E-state index in [1.807, 2.05) is 37.3 Å². The van der Waals surface area contributed by atoms with Gasteiger partial charge in [0.25, 0.3) is 0 Å². The van der Waals surface area contributed by atoms with Gasteiger partial charge >= 0.3 is 5.97 Å². The zero-order valence-electron chi connectivity index (χ0n) is 10.6. The third-order valence-corrected chi connectivity index (χ3v) is 3.21. The number of carbonyl (C=O) groups is 2. The molecule has 0 saturated carbocycles. The van der Waals surface area contributed by atoms with Crippen molar-refractivity contribution in [2.24, 2.45) is 0 Å². The van der Waals surface area contributed by atoms with Crippen LogP contribution in [-0.2, 0) is 14.3 Å². The van der Waals surface area contributed by atoms with E-state index in [0.29, 0.717) is 6.54 Å². The molecule has 2 rings (SSSR count). The van der Waals surface area contributed by atoms with Crippen molar-refractivity contribution in [2.45, 2.75) is 32.4 Å². The minimum Gasteiger partial charge on any atom is -0.460 e. The first-order valence-electron chi connectivity index (χ1n) is 6.09. The summed E-state index contributed by atoms with van der Waals surface area (Å²) in [7, 11) is 0. The molecule has 1 aromatic rings. The Balaban J connectivity index is 2.06. The van der Waals surface area contributed by atoms with Crippen LogP contribution in [0.5, 0.6) is 0 Å². The molecular weight excluding hydrogens is 230 g/mol. The summed E-state index contributed by atoms with van der Waals surface area (Å²) in [6.07, 6.45) is -0.0160. The van der Waals surface area contributed by atoms with E-state index >= 15 is 0 Å². The molecule has 1 aliphatic rings. The molecule has 0 spiro atoms. The number of hydrogen-bond donors (Lipinski definition) is 0. The molecule has 1 heterocycles. The molecule has 0 unspecified atom stereocenters. The highest BCUT2D eigenvalue weighted by Gasteiger charge is 2.34. The van der Waals surface area contributed by atoms with Gasteiger partial charge in [-0.3, -0.25) is 9.59 Å². The summed E-state index contributed by atoms with van der Waals surface area (Å²) in [5, 5.41) is 0. The van der Waals surface area contributed by atoms with Crippen LogP contribution in [0.2, 0.25) is 0 Å². The Morgan fingerprint density at radius 1 is 1.39 bits per heavy atom. The van der Waals surface area contributed by atoms with Crippen LogP contribution in [0.1, 0.15) is 31.9 Å². The number of likely N-dealkylation sites (tertiary alicyclic amines) is 1. The fourth-order valence-electron chi connectivity index (χ4n) is 2.30. The minimum atomic E-state index is -0.331. The van der Waals surface area contributed by atoms with E-state index in [4.69, 9.17) is 4.74 Å². The summed E-state index contributed by atoms with van der Waals surface area (Å²) in [6, 6.07) is 9.86. The second-order valence-corrected chi connectivity index (χ2v) is 4.57. The van der Waals surface area contributed by atoms with Gasteiger partial charge in [-0.25, -0.2) is 0 Å². The van der Waals surface area contributed by atoms with Crippen molar-refractivity contribution in [3.63, 3.8) is 0 Å². The first-order valence-corrected chi connectivity index (χ1v) is 6.09. The van der Waals surface area contributed by atoms with Crippen molar-refractivity contribution in [3.05, 3.63) is 35.9 Å². The van der Waals surface area contributed by atoms with Crippen molar-refractivity contribution in [2.75, 3.05) is 6.54 Å². The monoisotopic (exact) mass is 247 g/mol. The Morgan fingerprint density at radius 2 is 2.06 bits per heavy atom. The normalized spacial score (nSPS) is 20.9.